The molecule has 1 aliphatic heterocycles. The molecule has 0 unspecified atom stereocenters. The molecule has 0 radical (unpaired) electrons. The quantitative estimate of drug-likeness (QED) is 0.364. The van der Waals surface area contributed by atoms with Crippen LogP contribution in [0.5, 0.6) is 0 Å². The van der Waals surface area contributed by atoms with E-state index < -0.39 is 12.2 Å². The van der Waals surface area contributed by atoms with E-state index in [1.54, 1.807) is 35.9 Å². The van der Waals surface area contributed by atoms with E-state index in [0.29, 0.717) is 41.2 Å². The number of rotatable bonds is 6. The van der Waals surface area contributed by atoms with Crippen LogP contribution in [0.25, 0.3) is 0 Å². The van der Waals surface area contributed by atoms with E-state index in [0.717, 1.165) is 12.8 Å². The SMILES string of the molecule is C=NN(C(C)=NC)c1ccc(C(=O)N(C2CC2)[C@@H]2CCN(c3ncc(Cl)cn3)C[C@@H]2F)cn1. The third kappa shape index (κ3) is 4.95. The minimum absolute atomic E-state index is 0.0552. The molecule has 11 heteroatoms. The third-order valence-corrected chi connectivity index (χ3v) is 6.11. The van der Waals surface area contributed by atoms with Gasteiger partial charge in [-0.05, 0) is 38.3 Å². The second-order valence-corrected chi connectivity index (χ2v) is 8.53. The largest absolute Gasteiger partial charge is 0.338 e. The van der Waals surface area contributed by atoms with Gasteiger partial charge >= 0.3 is 0 Å². The molecule has 3 heterocycles. The maximum Gasteiger partial charge on any atom is 0.256 e. The van der Waals surface area contributed by atoms with E-state index in [4.69, 9.17) is 11.6 Å². The van der Waals surface area contributed by atoms with Gasteiger partial charge in [-0.15, -0.1) is 0 Å². The van der Waals surface area contributed by atoms with Crippen LogP contribution in [-0.4, -0.2) is 76.7 Å². The highest BCUT2D eigenvalue weighted by Crippen LogP contribution is 2.34. The maximum absolute atomic E-state index is 15.3. The van der Waals surface area contributed by atoms with Crippen LogP contribution in [-0.2, 0) is 0 Å². The van der Waals surface area contributed by atoms with Crippen LogP contribution >= 0.6 is 11.6 Å². The van der Waals surface area contributed by atoms with Gasteiger partial charge < -0.3 is 9.80 Å². The average molecular weight is 473 g/mol. The molecule has 1 aliphatic carbocycles. The summed E-state index contributed by atoms with van der Waals surface area (Å²) in [6.45, 7) is 6.00. The Morgan fingerprint density at radius 2 is 1.94 bits per heavy atom. The summed E-state index contributed by atoms with van der Waals surface area (Å²) in [5.74, 6) is 1.35. The summed E-state index contributed by atoms with van der Waals surface area (Å²) in [6.07, 6.45) is 5.52. The molecular weight excluding hydrogens is 447 g/mol. The minimum atomic E-state index is -1.22. The molecule has 2 aliphatic rings. The number of nitrogens with zero attached hydrogens (tertiary/aromatic N) is 8. The van der Waals surface area contributed by atoms with E-state index in [2.05, 4.69) is 31.8 Å². The Kier molecular flexibility index (Phi) is 6.83. The van der Waals surface area contributed by atoms with Gasteiger partial charge in [0.05, 0.1) is 35.6 Å². The van der Waals surface area contributed by atoms with Gasteiger partial charge in [0.1, 0.15) is 12.0 Å². The van der Waals surface area contributed by atoms with Crippen LogP contribution in [0.1, 0.15) is 36.5 Å². The molecule has 9 nitrogen and oxygen atoms in total. The van der Waals surface area contributed by atoms with Crippen molar-refractivity contribution >= 4 is 41.8 Å². The molecule has 0 aromatic carbocycles. The predicted octanol–water partition coefficient (Wildman–Crippen LogP) is 3.22. The summed E-state index contributed by atoms with van der Waals surface area (Å²) in [5.41, 5.74) is 0.413. The molecule has 1 saturated carbocycles. The summed E-state index contributed by atoms with van der Waals surface area (Å²) in [5, 5.41) is 5.84. The molecule has 2 fully saturated rings. The van der Waals surface area contributed by atoms with Gasteiger partial charge in [0.25, 0.3) is 5.91 Å². The molecule has 2 atom stereocenters. The zero-order valence-corrected chi connectivity index (χ0v) is 19.4. The summed E-state index contributed by atoms with van der Waals surface area (Å²) in [4.78, 5) is 33.7. The Labute approximate surface area is 197 Å². The monoisotopic (exact) mass is 472 g/mol. The first-order valence-corrected chi connectivity index (χ1v) is 11.2. The minimum Gasteiger partial charge on any atom is -0.338 e. The molecule has 0 bridgehead atoms. The molecule has 2 aromatic rings. The Hall–Kier alpha value is -3.14. The van der Waals surface area contributed by atoms with Crippen LogP contribution in [0.15, 0.2) is 40.8 Å². The highest BCUT2D eigenvalue weighted by Gasteiger charge is 2.43. The summed E-state index contributed by atoms with van der Waals surface area (Å²) < 4.78 is 15.3. The van der Waals surface area contributed by atoms with Crippen molar-refractivity contribution in [3.63, 3.8) is 0 Å². The number of carbonyl (C=O) groups excluding carboxylic acids is 1. The number of aliphatic imine (C=N–C) groups is 1. The first-order chi connectivity index (χ1) is 15.9. The molecule has 2 aromatic heterocycles. The zero-order valence-electron chi connectivity index (χ0n) is 18.6. The summed E-state index contributed by atoms with van der Waals surface area (Å²) in [7, 11) is 1.65. The molecule has 33 heavy (non-hydrogen) atoms. The van der Waals surface area contributed by atoms with Crippen molar-refractivity contribution in [1.82, 2.24) is 19.9 Å². The number of hydrogen-bond donors (Lipinski definition) is 0. The number of alkyl halides is 1. The van der Waals surface area contributed by atoms with E-state index in [9.17, 15) is 4.79 Å². The fourth-order valence-electron chi connectivity index (χ4n) is 4.02. The van der Waals surface area contributed by atoms with Gasteiger partial charge in [0.2, 0.25) is 5.95 Å². The number of aromatic nitrogens is 3. The first-order valence-electron chi connectivity index (χ1n) is 10.8. The van der Waals surface area contributed by atoms with Crippen molar-refractivity contribution in [3.8, 4) is 0 Å². The van der Waals surface area contributed by atoms with Gasteiger partial charge in [0.15, 0.2) is 5.82 Å². The number of amides is 1. The van der Waals surface area contributed by atoms with Gasteiger partial charge in [0, 0.05) is 32.5 Å². The lowest BCUT2D eigenvalue weighted by Crippen LogP contribution is -2.55. The number of halogens is 2. The Morgan fingerprint density at radius 3 is 2.48 bits per heavy atom. The van der Waals surface area contributed by atoms with E-state index >= 15 is 4.39 Å². The molecule has 174 valence electrons. The van der Waals surface area contributed by atoms with Crippen LogP contribution < -0.4 is 9.91 Å². The summed E-state index contributed by atoms with van der Waals surface area (Å²) in [6, 6.07) is 2.92. The van der Waals surface area contributed by atoms with Gasteiger partial charge in [-0.3, -0.25) is 9.79 Å². The number of amidine groups is 1. The van der Waals surface area contributed by atoms with Crippen molar-refractivity contribution < 1.29 is 9.18 Å². The maximum atomic E-state index is 15.3. The van der Waals surface area contributed by atoms with Crippen molar-refractivity contribution in [3.05, 3.63) is 41.3 Å². The lowest BCUT2D eigenvalue weighted by atomic mass is 10.00. The third-order valence-electron chi connectivity index (χ3n) is 5.91. The zero-order chi connectivity index (χ0) is 23.5. The molecule has 0 spiro atoms. The summed E-state index contributed by atoms with van der Waals surface area (Å²) >= 11 is 5.85. The lowest BCUT2D eigenvalue weighted by molar-refractivity contribution is 0.0486. The Balaban J connectivity index is 1.49. The number of hydrogen-bond acceptors (Lipinski definition) is 7. The number of anilines is 2. The number of carbonyl (C=O) groups is 1. The van der Waals surface area contributed by atoms with Crippen LogP contribution in [0.4, 0.5) is 16.2 Å². The number of piperidine rings is 1. The van der Waals surface area contributed by atoms with Gasteiger partial charge in [-0.25, -0.2) is 24.4 Å². The fourth-order valence-corrected chi connectivity index (χ4v) is 4.12. The Bertz CT molecular complexity index is 1030. The second kappa shape index (κ2) is 9.78. The van der Waals surface area contributed by atoms with Crippen molar-refractivity contribution in [2.45, 2.75) is 44.4 Å². The highest BCUT2D eigenvalue weighted by molar-refractivity contribution is 6.30. The number of hydrazone groups is 1. The van der Waals surface area contributed by atoms with Crippen molar-refractivity contribution in [1.29, 1.82) is 0 Å². The average Bonchev–Trinajstić information content (AvgIpc) is 3.66. The first kappa shape index (κ1) is 23.0. The molecular formula is C22H26ClFN8O. The van der Waals surface area contributed by atoms with Crippen molar-refractivity contribution in [2.24, 2.45) is 10.1 Å². The molecule has 0 N–H and O–H groups in total. The smallest absolute Gasteiger partial charge is 0.256 e. The molecule has 1 amide bonds. The normalized spacial score (nSPS) is 21.0. The van der Waals surface area contributed by atoms with E-state index in [-0.39, 0.29) is 18.5 Å². The number of pyridine rings is 1. The lowest BCUT2D eigenvalue weighted by Gasteiger charge is -2.41. The van der Waals surface area contributed by atoms with E-state index in [1.807, 2.05) is 0 Å². The second-order valence-electron chi connectivity index (χ2n) is 8.09. The van der Waals surface area contributed by atoms with E-state index in [1.165, 1.54) is 23.6 Å². The van der Waals surface area contributed by atoms with Gasteiger partial charge in [-0.2, -0.15) is 5.10 Å². The van der Waals surface area contributed by atoms with Crippen LogP contribution in [0.3, 0.4) is 0 Å². The van der Waals surface area contributed by atoms with Gasteiger partial charge in [-0.1, -0.05) is 11.6 Å². The van der Waals surface area contributed by atoms with Crippen molar-refractivity contribution in [2.75, 3.05) is 30.0 Å². The topological polar surface area (TPSA) is 90.2 Å². The van der Waals surface area contributed by atoms with Crippen LogP contribution in [0, 0.1) is 0 Å². The standard InChI is InChI=1S/C22H26ClFN8O/c1-14(25-2)32(26-3)20-7-4-15(10-27-20)21(33)31(17-5-6-17)19-8-9-30(13-18(19)24)22-28-11-16(23)12-29-22/h4,7,10-12,17-19H,3,5-6,8-9,13H2,1-2H3/t18-,19+/m0/s1. The predicted molar refractivity (Wildman–Crippen MR) is 127 cm³/mol. The fraction of sp³-hybridized carbons (Fsp3) is 0.455. The molecule has 1 saturated heterocycles. The van der Waals surface area contributed by atoms with Crippen LogP contribution in [0.2, 0.25) is 5.02 Å². The molecule has 4 rings (SSSR count). The highest BCUT2D eigenvalue weighted by atomic mass is 35.5. The Morgan fingerprint density at radius 1 is 1.21 bits per heavy atom.